The zero-order valence-electron chi connectivity index (χ0n) is 42.9. The summed E-state index contributed by atoms with van der Waals surface area (Å²) in [7, 11) is 36.6. The summed E-state index contributed by atoms with van der Waals surface area (Å²) in [6.45, 7) is 16.7. The van der Waals surface area contributed by atoms with E-state index in [1.165, 1.54) is 106 Å². The number of allylic oxidation sites excluding steroid dienone is 4. The molecule has 0 amide bonds. The van der Waals surface area contributed by atoms with E-state index < -0.39 is 11.4 Å². The largest absolute Gasteiger partial charge is 1.00 e. The second kappa shape index (κ2) is 20.5. The first-order chi connectivity index (χ1) is 27.1. The molecule has 62 heavy (non-hydrogen) atoms. The minimum Gasteiger partial charge on any atom is -1.00 e. The summed E-state index contributed by atoms with van der Waals surface area (Å²) < 4.78 is -0.439. The Balaban J connectivity index is 0.00000641. The van der Waals surface area contributed by atoms with Crippen LogP contribution in [0.5, 0.6) is 0 Å². The average molecular weight is 964 g/mol. The van der Waals surface area contributed by atoms with Gasteiger partial charge in [-0.25, -0.2) is 0 Å². The number of nitrogens with zero attached hydrogens (tertiary/aromatic N) is 9. The Morgan fingerprint density at radius 1 is 0.339 bits per heavy atom. The van der Waals surface area contributed by atoms with Gasteiger partial charge >= 0.3 is 375 Å². The summed E-state index contributed by atoms with van der Waals surface area (Å²) in [6, 6.07) is 7.48. The minimum atomic E-state index is -3.66. The van der Waals surface area contributed by atoms with Crippen molar-refractivity contribution in [2.75, 3.05) is 171 Å². The van der Waals surface area contributed by atoms with Crippen LogP contribution in [0.25, 0.3) is 0 Å². The van der Waals surface area contributed by atoms with Gasteiger partial charge in [0.15, 0.2) is 0 Å². The van der Waals surface area contributed by atoms with Crippen LogP contribution in [-0.2, 0) is 20.4 Å². The number of rotatable bonds is 13. The Bertz CT molecular complexity index is 1970. The van der Waals surface area contributed by atoms with Gasteiger partial charge in [-0.15, -0.1) is 0 Å². The molecular weight excluding hydrogens is 885 g/mol. The van der Waals surface area contributed by atoms with Gasteiger partial charge in [-0.3, -0.25) is 0 Å². The molecule has 0 unspecified atom stereocenters. The molecule has 0 aromatic heterocycles. The van der Waals surface area contributed by atoms with Crippen LogP contribution >= 0.6 is 0 Å². The van der Waals surface area contributed by atoms with Crippen LogP contribution in [0.1, 0.15) is 44.4 Å². The Morgan fingerprint density at radius 3 is 0.694 bits per heavy atom. The molecule has 3 aromatic carbocycles. The summed E-state index contributed by atoms with van der Waals surface area (Å²) in [4.78, 5) is 21.4. The normalized spacial score (nSPS) is 13.3. The topological polar surface area (TPSA) is 29.2 Å². The van der Waals surface area contributed by atoms with E-state index in [2.05, 4.69) is 258 Å². The van der Waals surface area contributed by atoms with Crippen molar-refractivity contribution in [2.45, 2.75) is 51.8 Å². The molecule has 0 saturated heterocycles. The fourth-order valence-corrected chi connectivity index (χ4v) is 20.4. The van der Waals surface area contributed by atoms with E-state index in [4.69, 9.17) is 0 Å². The monoisotopic (exact) mass is 961 g/mol. The predicted octanol–water partition coefficient (Wildman–Crippen LogP) is -2.38. The van der Waals surface area contributed by atoms with Gasteiger partial charge in [0.25, 0.3) is 0 Å². The van der Waals surface area contributed by atoms with Gasteiger partial charge in [0.1, 0.15) is 0 Å². The standard InChI is InChI=1S/C48H78N9Si.3ClH.Ti/c1-29-30(2)32(4)45(31(29)3)58(46-39(52(14)15)26-36(49(8)9)33(5)42(46)55(20)21,47-40(53(16)17)27-37(50(10)11)34(6)43(47)56(22)23)48-41(54(18)19)28-38(51(12)13)35(7)44(48)57(24)25;;;;/h26-28H,1-25H3;3*1H;/q;;;;+3/p-3. The second-order valence-corrected chi connectivity index (χ2v) is 24.5. The molecular formula is C48H78Cl3N9SiTi. The summed E-state index contributed by atoms with van der Waals surface area (Å²) >= 11 is 2.64. The zero-order chi connectivity index (χ0) is 45.3. The Kier molecular flexibility index (Phi) is 18.9. The van der Waals surface area contributed by atoms with E-state index in [1.807, 2.05) is 0 Å². The first-order valence-corrected chi connectivity index (χ1v) is 23.6. The molecule has 0 saturated carbocycles. The van der Waals surface area contributed by atoms with Crippen LogP contribution in [0.2, 0.25) is 3.34 Å². The number of hydrogen-bond donors (Lipinski definition) is 0. The molecule has 1 aliphatic carbocycles. The molecule has 0 radical (unpaired) electrons. The molecule has 0 aliphatic heterocycles. The maximum atomic E-state index is 2.64. The summed E-state index contributed by atoms with van der Waals surface area (Å²) in [5, 5.41) is 4.31. The summed E-state index contributed by atoms with van der Waals surface area (Å²) in [5.74, 6) is 0. The van der Waals surface area contributed by atoms with Crippen molar-refractivity contribution in [3.63, 3.8) is 0 Å². The van der Waals surface area contributed by atoms with E-state index in [-0.39, 0.29) is 37.2 Å². The van der Waals surface area contributed by atoms with E-state index in [0.29, 0.717) is 0 Å². The number of benzene rings is 3. The Hall–Kier alpha value is -2.86. The third-order valence-electron chi connectivity index (χ3n) is 13.2. The zero-order valence-corrected chi connectivity index (χ0v) is 47.7. The minimum absolute atomic E-state index is 0. The fourth-order valence-electron chi connectivity index (χ4n) is 10.4. The van der Waals surface area contributed by atoms with Gasteiger partial charge < -0.3 is 37.2 Å². The van der Waals surface area contributed by atoms with E-state index in [0.717, 1.165) is 0 Å². The molecule has 9 nitrogen and oxygen atoms in total. The summed E-state index contributed by atoms with van der Waals surface area (Å²) in [6.07, 6.45) is 0. The first kappa shape index (κ1) is 57.2. The number of halogens is 3. The van der Waals surface area contributed by atoms with Crippen LogP contribution in [0, 0.1) is 20.8 Å². The quantitative estimate of drug-likeness (QED) is 0.138. The van der Waals surface area contributed by atoms with E-state index in [9.17, 15) is 0 Å². The van der Waals surface area contributed by atoms with Crippen molar-refractivity contribution in [1.29, 1.82) is 0 Å². The molecule has 344 valence electrons. The van der Waals surface area contributed by atoms with Crippen molar-refractivity contribution < 1.29 is 57.7 Å². The van der Waals surface area contributed by atoms with Crippen molar-refractivity contribution in [3.8, 4) is 0 Å². The maximum absolute atomic E-state index is 3.66. The van der Waals surface area contributed by atoms with E-state index in [1.54, 1.807) is 0 Å². The molecule has 0 heterocycles. The molecule has 14 heteroatoms. The molecule has 0 N–H and O–H groups in total. The first-order valence-electron chi connectivity index (χ1n) is 20.8. The van der Waals surface area contributed by atoms with Crippen molar-refractivity contribution in [1.82, 2.24) is 0 Å². The molecule has 4 rings (SSSR count). The average Bonchev–Trinajstić information content (AvgIpc) is 3.26. The van der Waals surface area contributed by atoms with Gasteiger partial charge in [-0.2, -0.15) is 0 Å². The van der Waals surface area contributed by atoms with Crippen LogP contribution in [-0.4, -0.2) is 135 Å². The number of hydrogen-bond acceptors (Lipinski definition) is 9. The Labute approximate surface area is 409 Å². The smallest absolute Gasteiger partial charge is 1.00 e. The van der Waals surface area contributed by atoms with Crippen molar-refractivity contribution >= 4 is 74.8 Å². The van der Waals surface area contributed by atoms with Gasteiger partial charge in [-0.1, -0.05) is 0 Å². The van der Waals surface area contributed by atoms with Gasteiger partial charge in [0.05, 0.1) is 0 Å². The molecule has 0 spiro atoms. The van der Waals surface area contributed by atoms with Crippen LogP contribution in [0.15, 0.2) is 40.5 Å². The van der Waals surface area contributed by atoms with Crippen LogP contribution in [0.4, 0.5) is 51.2 Å². The Morgan fingerprint density at radius 2 is 0.532 bits per heavy atom. The molecule has 3 aromatic rings. The predicted molar refractivity (Wildman–Crippen MR) is 267 cm³/mol. The molecule has 0 atom stereocenters. The fraction of sp³-hybridized carbons (Fsp3) is 0.542. The third kappa shape index (κ3) is 8.67. The second-order valence-electron chi connectivity index (χ2n) is 18.8. The summed E-state index contributed by atoms with van der Waals surface area (Å²) in [5.41, 5.74) is 20.9. The van der Waals surface area contributed by atoms with E-state index >= 15 is 0 Å². The molecule has 0 fully saturated rings. The molecule has 1 aliphatic rings. The van der Waals surface area contributed by atoms with Crippen LogP contribution in [0.3, 0.4) is 0 Å². The van der Waals surface area contributed by atoms with Crippen LogP contribution < -0.4 is 96.9 Å². The van der Waals surface area contributed by atoms with Gasteiger partial charge in [0.2, 0.25) is 0 Å². The van der Waals surface area contributed by atoms with Crippen molar-refractivity contribution in [3.05, 3.63) is 57.2 Å². The molecule has 0 bridgehead atoms. The SMILES string of the molecule is CC1=C(C)[C]([Ti+3])([Si](c2c(N(C)C)cc(N(C)C)c(C)c2N(C)C)(c2c(N(C)C)cc(N(C)C)c(C)c2N(C)C)c2c(N(C)C)cc(N(C)C)c(C)c2N(C)C)C(C)=C1C.[Cl-].[Cl-].[Cl-]. The van der Waals surface area contributed by atoms with Gasteiger partial charge in [0, 0.05) is 0 Å². The maximum Gasteiger partial charge on any atom is -1.00 e. The number of anilines is 9. The third-order valence-corrected chi connectivity index (χ3v) is 21.8. The van der Waals surface area contributed by atoms with Gasteiger partial charge in [-0.05, 0) is 0 Å². The van der Waals surface area contributed by atoms with Crippen molar-refractivity contribution in [2.24, 2.45) is 0 Å².